The number of hydrogen-bond donors (Lipinski definition) is 0. The Hall–Kier alpha value is -3.00. The molecule has 29 heavy (non-hydrogen) atoms. The molecular formula is C27H24N2. The number of nitrogens with zero attached hydrogens (tertiary/aromatic N) is 2. The second-order valence-corrected chi connectivity index (χ2v) is 9.08. The van der Waals surface area contributed by atoms with E-state index in [1.54, 1.807) is 0 Å². The second-order valence-electron chi connectivity index (χ2n) is 9.08. The molecule has 0 fully saturated rings. The van der Waals surface area contributed by atoms with Crippen molar-refractivity contribution in [3.63, 3.8) is 0 Å². The first-order valence-electron chi connectivity index (χ1n) is 10.5. The minimum absolute atomic E-state index is 0.318. The monoisotopic (exact) mass is 376 g/mol. The van der Waals surface area contributed by atoms with Crippen LogP contribution in [0.15, 0.2) is 60.7 Å². The van der Waals surface area contributed by atoms with Crippen LogP contribution in [0.5, 0.6) is 0 Å². The Morgan fingerprint density at radius 1 is 0.724 bits per heavy atom. The molecule has 0 N–H and O–H groups in total. The highest BCUT2D eigenvalue weighted by Crippen LogP contribution is 2.51. The van der Waals surface area contributed by atoms with Crippen LogP contribution in [0.25, 0.3) is 22.0 Å². The SMILES string of the molecule is Cc1cc(-c2cc3ccccc3c3c2CC2(Cc4ccccc4C2)C3)nnc1C. The van der Waals surface area contributed by atoms with Crippen molar-refractivity contribution in [1.82, 2.24) is 10.2 Å². The van der Waals surface area contributed by atoms with Gasteiger partial charge in [-0.05, 0) is 95.7 Å². The molecule has 6 rings (SSSR count). The smallest absolute Gasteiger partial charge is 0.0935 e. The Bertz CT molecular complexity index is 1260. The van der Waals surface area contributed by atoms with Gasteiger partial charge < -0.3 is 0 Å². The molecule has 0 unspecified atom stereocenters. The molecule has 2 aliphatic carbocycles. The maximum Gasteiger partial charge on any atom is 0.0935 e. The molecule has 142 valence electrons. The van der Waals surface area contributed by atoms with Crippen LogP contribution >= 0.6 is 0 Å². The summed E-state index contributed by atoms with van der Waals surface area (Å²) in [5.41, 5.74) is 10.9. The first-order chi connectivity index (χ1) is 14.1. The lowest BCUT2D eigenvalue weighted by Gasteiger charge is -2.22. The Morgan fingerprint density at radius 2 is 1.41 bits per heavy atom. The summed E-state index contributed by atoms with van der Waals surface area (Å²) in [6.45, 7) is 4.16. The molecule has 0 bridgehead atoms. The molecule has 2 nitrogen and oxygen atoms in total. The van der Waals surface area contributed by atoms with E-state index < -0.39 is 0 Å². The zero-order valence-electron chi connectivity index (χ0n) is 17.0. The summed E-state index contributed by atoms with van der Waals surface area (Å²) >= 11 is 0. The van der Waals surface area contributed by atoms with Gasteiger partial charge in [-0.1, -0.05) is 48.5 Å². The summed E-state index contributed by atoms with van der Waals surface area (Å²) < 4.78 is 0. The van der Waals surface area contributed by atoms with Gasteiger partial charge in [0.15, 0.2) is 0 Å². The van der Waals surface area contributed by atoms with E-state index >= 15 is 0 Å². The van der Waals surface area contributed by atoms with Crippen molar-refractivity contribution >= 4 is 10.8 Å². The number of fused-ring (bicyclic) bond motifs is 4. The molecule has 0 aliphatic heterocycles. The van der Waals surface area contributed by atoms with E-state index in [-0.39, 0.29) is 0 Å². The molecule has 3 aromatic carbocycles. The maximum absolute atomic E-state index is 4.60. The van der Waals surface area contributed by atoms with Gasteiger partial charge in [0.25, 0.3) is 0 Å². The molecule has 2 heteroatoms. The van der Waals surface area contributed by atoms with E-state index in [0.717, 1.165) is 24.2 Å². The maximum atomic E-state index is 4.60. The van der Waals surface area contributed by atoms with Crippen LogP contribution < -0.4 is 0 Å². The third-order valence-electron chi connectivity index (χ3n) is 7.14. The highest BCUT2D eigenvalue weighted by atomic mass is 15.1. The van der Waals surface area contributed by atoms with Crippen molar-refractivity contribution in [2.24, 2.45) is 5.41 Å². The van der Waals surface area contributed by atoms with Gasteiger partial charge in [0, 0.05) is 5.56 Å². The number of hydrogen-bond acceptors (Lipinski definition) is 2. The lowest BCUT2D eigenvalue weighted by atomic mass is 9.81. The van der Waals surface area contributed by atoms with Crippen molar-refractivity contribution in [1.29, 1.82) is 0 Å². The van der Waals surface area contributed by atoms with Gasteiger partial charge in [-0.2, -0.15) is 10.2 Å². The predicted molar refractivity (Wildman–Crippen MR) is 118 cm³/mol. The van der Waals surface area contributed by atoms with Crippen molar-refractivity contribution in [3.8, 4) is 11.3 Å². The minimum atomic E-state index is 0.318. The highest BCUT2D eigenvalue weighted by molar-refractivity contribution is 5.93. The van der Waals surface area contributed by atoms with Gasteiger partial charge in [-0.25, -0.2) is 0 Å². The molecule has 0 saturated carbocycles. The van der Waals surface area contributed by atoms with Gasteiger partial charge >= 0.3 is 0 Å². The minimum Gasteiger partial charge on any atom is -0.155 e. The second kappa shape index (κ2) is 6.00. The van der Waals surface area contributed by atoms with Crippen molar-refractivity contribution in [2.75, 3.05) is 0 Å². The highest BCUT2D eigenvalue weighted by Gasteiger charge is 2.43. The van der Waals surface area contributed by atoms with Gasteiger partial charge in [0.2, 0.25) is 0 Å². The van der Waals surface area contributed by atoms with E-state index in [2.05, 4.69) is 77.8 Å². The zero-order valence-corrected chi connectivity index (χ0v) is 17.0. The van der Waals surface area contributed by atoms with Crippen molar-refractivity contribution in [3.05, 3.63) is 94.2 Å². The predicted octanol–water partition coefficient (Wildman–Crippen LogP) is 5.80. The lowest BCUT2D eigenvalue weighted by molar-refractivity contribution is 0.327. The van der Waals surface area contributed by atoms with Gasteiger partial charge in [0.05, 0.1) is 11.4 Å². The number of rotatable bonds is 1. The molecule has 0 amide bonds. The van der Waals surface area contributed by atoms with Crippen LogP contribution in [-0.4, -0.2) is 10.2 Å². The van der Waals surface area contributed by atoms with Crippen LogP contribution in [-0.2, 0) is 25.7 Å². The molecular weight excluding hydrogens is 352 g/mol. The molecule has 2 aliphatic rings. The summed E-state index contributed by atoms with van der Waals surface area (Å²) in [5, 5.41) is 11.8. The van der Waals surface area contributed by atoms with E-state index in [4.69, 9.17) is 0 Å². The van der Waals surface area contributed by atoms with Crippen molar-refractivity contribution < 1.29 is 0 Å². The summed E-state index contributed by atoms with van der Waals surface area (Å²) in [6.07, 6.45) is 4.66. The molecule has 0 saturated heterocycles. The first kappa shape index (κ1) is 16.9. The number of aryl methyl sites for hydroxylation is 2. The van der Waals surface area contributed by atoms with E-state index in [1.807, 2.05) is 6.92 Å². The molecule has 0 atom stereocenters. The first-order valence-corrected chi connectivity index (χ1v) is 10.5. The zero-order chi connectivity index (χ0) is 19.6. The largest absolute Gasteiger partial charge is 0.155 e. The quantitative estimate of drug-likeness (QED) is 0.420. The molecule has 4 aromatic rings. The van der Waals surface area contributed by atoms with Gasteiger partial charge in [-0.3, -0.25) is 0 Å². The normalized spacial score (nSPS) is 16.3. The Kier molecular flexibility index (Phi) is 3.50. The topological polar surface area (TPSA) is 25.8 Å². The van der Waals surface area contributed by atoms with E-state index in [9.17, 15) is 0 Å². The summed E-state index contributed by atoms with van der Waals surface area (Å²) in [6, 6.07) is 22.4. The third kappa shape index (κ3) is 2.55. The van der Waals surface area contributed by atoms with Gasteiger partial charge in [-0.15, -0.1) is 0 Å². The average molecular weight is 377 g/mol. The molecule has 1 aromatic heterocycles. The van der Waals surface area contributed by atoms with E-state index in [0.29, 0.717) is 5.41 Å². The standard InChI is InChI=1S/C27H24N2/c1-17-11-26(29-28-18(17)2)23-12-19-7-5-6-10-22(19)24-15-27(16-25(23)24)13-20-8-3-4-9-21(20)14-27/h3-12H,13-16H2,1-2H3. The van der Waals surface area contributed by atoms with Crippen LogP contribution in [0.2, 0.25) is 0 Å². The molecule has 1 spiro atoms. The third-order valence-corrected chi connectivity index (χ3v) is 7.14. The lowest BCUT2D eigenvalue weighted by Crippen LogP contribution is -2.21. The fourth-order valence-electron chi connectivity index (χ4n) is 5.61. The summed E-state index contributed by atoms with van der Waals surface area (Å²) in [7, 11) is 0. The fourth-order valence-corrected chi connectivity index (χ4v) is 5.61. The summed E-state index contributed by atoms with van der Waals surface area (Å²) in [4.78, 5) is 0. The number of benzene rings is 3. The van der Waals surface area contributed by atoms with Gasteiger partial charge in [0.1, 0.15) is 0 Å². The number of aromatic nitrogens is 2. The molecule has 1 heterocycles. The van der Waals surface area contributed by atoms with Crippen LogP contribution in [0.4, 0.5) is 0 Å². The van der Waals surface area contributed by atoms with Crippen LogP contribution in [0.3, 0.4) is 0 Å². The Morgan fingerprint density at radius 3 is 2.17 bits per heavy atom. The Balaban J connectivity index is 1.54. The van der Waals surface area contributed by atoms with Crippen molar-refractivity contribution in [2.45, 2.75) is 39.5 Å². The fraction of sp³-hybridized carbons (Fsp3) is 0.259. The average Bonchev–Trinajstić information content (AvgIpc) is 3.28. The van der Waals surface area contributed by atoms with Crippen LogP contribution in [0, 0.1) is 19.3 Å². The molecule has 0 radical (unpaired) electrons. The van der Waals surface area contributed by atoms with E-state index in [1.165, 1.54) is 57.0 Å². The summed E-state index contributed by atoms with van der Waals surface area (Å²) in [5.74, 6) is 0. The Labute approximate surface area is 171 Å². The van der Waals surface area contributed by atoms with Crippen LogP contribution in [0.1, 0.15) is 33.5 Å².